The number of carbonyl (C=O) groups is 1. The van der Waals surface area contributed by atoms with Gasteiger partial charge in [0, 0.05) is 6.42 Å². The van der Waals surface area contributed by atoms with Crippen molar-refractivity contribution < 1.29 is 4.79 Å². The Bertz CT molecular complexity index is 429. The maximum absolute atomic E-state index is 11.7. The van der Waals surface area contributed by atoms with E-state index in [-0.39, 0.29) is 5.78 Å². The van der Waals surface area contributed by atoms with Crippen LogP contribution >= 0.6 is 11.3 Å². The normalized spacial score (nSPS) is 11.4. The van der Waals surface area contributed by atoms with Gasteiger partial charge in [-0.3, -0.25) is 4.79 Å². The first-order valence-corrected chi connectivity index (χ1v) is 10.7. The van der Waals surface area contributed by atoms with E-state index in [4.69, 9.17) is 0 Å². The van der Waals surface area contributed by atoms with Gasteiger partial charge in [0.05, 0.1) is 0 Å². The number of hydrogen-bond donors (Lipinski definition) is 0. The number of carbonyl (C=O) groups excluding carboxylic acids is 1. The zero-order chi connectivity index (χ0) is 17.3. The van der Waals surface area contributed by atoms with Crippen molar-refractivity contribution in [2.45, 2.75) is 96.8 Å². The molecule has 0 atom stereocenters. The number of Topliss-reactive ketones (excluding diaryl/α,β-unsaturated/α-hetero) is 1. The van der Waals surface area contributed by atoms with Crippen molar-refractivity contribution in [2.24, 2.45) is 0 Å². The molecule has 0 aromatic carbocycles. The van der Waals surface area contributed by atoms with Crippen molar-refractivity contribution >= 4 is 17.1 Å². The van der Waals surface area contributed by atoms with Crippen LogP contribution in [0.4, 0.5) is 0 Å². The molecule has 0 fully saturated rings. The van der Waals surface area contributed by atoms with Crippen molar-refractivity contribution in [3.63, 3.8) is 0 Å². The van der Waals surface area contributed by atoms with Gasteiger partial charge in [-0.05, 0) is 32.1 Å². The zero-order valence-electron chi connectivity index (χ0n) is 15.3. The van der Waals surface area contributed by atoms with Gasteiger partial charge in [-0.1, -0.05) is 81.8 Å². The fourth-order valence-corrected chi connectivity index (χ4v) is 3.28. The Morgan fingerprint density at radius 1 is 0.917 bits per heavy atom. The molecule has 24 heavy (non-hydrogen) atoms. The summed E-state index contributed by atoms with van der Waals surface area (Å²) in [7, 11) is 0. The molecular weight excluding hydrogens is 316 g/mol. The van der Waals surface area contributed by atoms with Crippen molar-refractivity contribution in [3.8, 4) is 0 Å². The van der Waals surface area contributed by atoms with Crippen LogP contribution in [0.2, 0.25) is 0 Å². The summed E-state index contributed by atoms with van der Waals surface area (Å²) in [5.74, 6) is 0.148. The van der Waals surface area contributed by atoms with Gasteiger partial charge < -0.3 is 0 Å². The van der Waals surface area contributed by atoms with Crippen LogP contribution in [-0.2, 0) is 0 Å². The first-order chi connectivity index (χ1) is 11.8. The van der Waals surface area contributed by atoms with Crippen molar-refractivity contribution in [1.29, 1.82) is 0 Å². The van der Waals surface area contributed by atoms with Gasteiger partial charge in [-0.15, -0.1) is 10.2 Å². The van der Waals surface area contributed by atoms with Crippen LogP contribution in [0.15, 0.2) is 17.7 Å². The first kappa shape index (κ1) is 21.0. The van der Waals surface area contributed by atoms with Gasteiger partial charge in [-0.25, -0.2) is 0 Å². The third-order valence-electron chi connectivity index (χ3n) is 4.26. The molecule has 0 amide bonds. The second-order valence-corrected chi connectivity index (χ2v) is 7.33. The van der Waals surface area contributed by atoms with Gasteiger partial charge >= 0.3 is 0 Å². The lowest BCUT2D eigenvalue weighted by atomic mass is 10.1. The predicted molar refractivity (Wildman–Crippen MR) is 104 cm³/mol. The smallest absolute Gasteiger partial charge is 0.193 e. The molecule has 0 saturated carbocycles. The van der Waals surface area contributed by atoms with Gasteiger partial charge in [0.2, 0.25) is 0 Å². The fraction of sp³-hybridized carbons (Fsp3) is 0.750. The number of allylic oxidation sites excluding steroid dienone is 2. The van der Waals surface area contributed by atoms with Gasteiger partial charge in [0.1, 0.15) is 5.51 Å². The molecule has 0 aliphatic rings. The summed E-state index contributed by atoms with van der Waals surface area (Å²) in [4.78, 5) is 11.7. The Morgan fingerprint density at radius 3 is 2.08 bits per heavy atom. The molecule has 1 aromatic rings. The minimum absolute atomic E-state index is 0.148. The van der Waals surface area contributed by atoms with E-state index in [2.05, 4.69) is 29.3 Å². The summed E-state index contributed by atoms with van der Waals surface area (Å²) >= 11 is 1.34. The summed E-state index contributed by atoms with van der Waals surface area (Å²) in [5, 5.41) is 8.08. The Hall–Kier alpha value is -1.03. The average molecular weight is 351 g/mol. The van der Waals surface area contributed by atoms with E-state index in [0.717, 1.165) is 12.8 Å². The molecule has 1 aromatic heterocycles. The van der Waals surface area contributed by atoms with E-state index >= 15 is 0 Å². The highest BCUT2D eigenvalue weighted by Crippen LogP contribution is 2.12. The fourth-order valence-electron chi connectivity index (χ4n) is 2.76. The summed E-state index contributed by atoms with van der Waals surface area (Å²) in [6, 6.07) is 0. The number of nitrogens with zero attached hydrogens (tertiary/aromatic N) is 2. The third-order valence-corrected chi connectivity index (χ3v) is 5.00. The SMILES string of the molecule is CCCCCCCC/C=C\CCCCCCCC(=O)c1nncs1. The van der Waals surface area contributed by atoms with Gasteiger partial charge in [0.15, 0.2) is 10.8 Å². The zero-order valence-corrected chi connectivity index (χ0v) is 16.2. The summed E-state index contributed by atoms with van der Waals surface area (Å²) < 4.78 is 0. The van der Waals surface area contributed by atoms with E-state index in [1.165, 1.54) is 82.0 Å². The van der Waals surface area contributed by atoms with E-state index in [9.17, 15) is 4.79 Å². The second kappa shape index (κ2) is 15.5. The standard InChI is InChI=1S/C20H34N2OS/c1-2-3-4-5-6-7-8-9-10-11-12-13-14-15-16-17-19(23)20-22-21-18-24-20/h9-10,18H,2-8,11-17H2,1H3/b10-9-. The molecule has 0 spiro atoms. The average Bonchev–Trinajstić information content (AvgIpc) is 3.13. The van der Waals surface area contributed by atoms with E-state index in [1.807, 2.05) is 0 Å². The highest BCUT2D eigenvalue weighted by molar-refractivity contribution is 7.11. The second-order valence-electron chi connectivity index (χ2n) is 6.50. The lowest BCUT2D eigenvalue weighted by Crippen LogP contribution is -1.98. The van der Waals surface area contributed by atoms with Crippen LogP contribution in [0.5, 0.6) is 0 Å². The molecule has 4 heteroatoms. The number of aromatic nitrogens is 2. The quantitative estimate of drug-likeness (QED) is 0.188. The summed E-state index contributed by atoms with van der Waals surface area (Å²) in [6.45, 7) is 2.27. The third kappa shape index (κ3) is 11.5. The monoisotopic (exact) mass is 350 g/mol. The number of ketones is 1. The molecule has 0 bridgehead atoms. The van der Waals surface area contributed by atoms with E-state index in [1.54, 1.807) is 5.51 Å². The minimum Gasteiger partial charge on any atom is -0.291 e. The Morgan fingerprint density at radius 2 is 1.50 bits per heavy atom. The lowest BCUT2D eigenvalue weighted by Gasteiger charge is -2.00. The van der Waals surface area contributed by atoms with Crippen LogP contribution in [0, 0.1) is 0 Å². The number of unbranched alkanes of at least 4 members (excludes halogenated alkanes) is 11. The molecular formula is C20H34N2OS. The molecule has 1 heterocycles. The highest BCUT2D eigenvalue weighted by Gasteiger charge is 2.08. The largest absolute Gasteiger partial charge is 0.291 e. The molecule has 136 valence electrons. The number of hydrogen-bond acceptors (Lipinski definition) is 4. The first-order valence-electron chi connectivity index (χ1n) is 9.79. The van der Waals surface area contributed by atoms with E-state index in [0.29, 0.717) is 11.4 Å². The van der Waals surface area contributed by atoms with Gasteiger partial charge in [0.25, 0.3) is 0 Å². The number of rotatable bonds is 16. The molecule has 0 saturated heterocycles. The Labute approximate surface area is 152 Å². The molecule has 0 aliphatic heterocycles. The topological polar surface area (TPSA) is 42.9 Å². The highest BCUT2D eigenvalue weighted by atomic mass is 32.1. The minimum atomic E-state index is 0.148. The molecule has 0 radical (unpaired) electrons. The Balaban J connectivity index is 1.80. The lowest BCUT2D eigenvalue weighted by molar-refractivity contribution is 0.0978. The van der Waals surface area contributed by atoms with Crippen LogP contribution in [0.25, 0.3) is 0 Å². The summed E-state index contributed by atoms with van der Waals surface area (Å²) in [6.07, 6.45) is 22.0. The Kier molecular flexibility index (Phi) is 13.6. The molecule has 0 unspecified atom stereocenters. The van der Waals surface area contributed by atoms with Crippen LogP contribution in [0.1, 0.15) is 107 Å². The van der Waals surface area contributed by atoms with Crippen LogP contribution < -0.4 is 0 Å². The molecule has 3 nitrogen and oxygen atoms in total. The molecule has 0 N–H and O–H groups in total. The maximum Gasteiger partial charge on any atom is 0.193 e. The van der Waals surface area contributed by atoms with Crippen molar-refractivity contribution in [1.82, 2.24) is 10.2 Å². The predicted octanol–water partition coefficient (Wildman–Crippen LogP) is 6.76. The van der Waals surface area contributed by atoms with Crippen LogP contribution in [0.3, 0.4) is 0 Å². The van der Waals surface area contributed by atoms with Crippen molar-refractivity contribution in [2.75, 3.05) is 0 Å². The van der Waals surface area contributed by atoms with Gasteiger partial charge in [-0.2, -0.15) is 0 Å². The van der Waals surface area contributed by atoms with Crippen LogP contribution in [-0.4, -0.2) is 16.0 Å². The summed E-state index contributed by atoms with van der Waals surface area (Å²) in [5.41, 5.74) is 1.62. The maximum atomic E-state index is 11.7. The van der Waals surface area contributed by atoms with E-state index < -0.39 is 0 Å². The molecule has 1 rings (SSSR count). The van der Waals surface area contributed by atoms with Crippen molar-refractivity contribution in [3.05, 3.63) is 22.7 Å². The molecule has 0 aliphatic carbocycles.